The zero-order chi connectivity index (χ0) is 16.9. The van der Waals surface area contributed by atoms with Gasteiger partial charge in [0.1, 0.15) is 5.75 Å². The van der Waals surface area contributed by atoms with Gasteiger partial charge < -0.3 is 14.6 Å². The first kappa shape index (κ1) is 16.0. The molecule has 0 atom stereocenters. The molecule has 0 spiro atoms. The number of nitrogens with one attached hydrogen (secondary N) is 1. The number of anilines is 1. The van der Waals surface area contributed by atoms with Crippen LogP contribution in [-0.2, 0) is 6.61 Å². The molecule has 1 amide bonds. The normalized spacial score (nSPS) is 10.4. The van der Waals surface area contributed by atoms with Gasteiger partial charge in [-0.1, -0.05) is 28.9 Å². The summed E-state index contributed by atoms with van der Waals surface area (Å²) in [6.45, 7) is 1.81. The Morgan fingerprint density at radius 1 is 1.21 bits per heavy atom. The third-order valence-electron chi connectivity index (χ3n) is 3.16. The summed E-state index contributed by atoms with van der Waals surface area (Å²) in [5.74, 6) is 1.03. The minimum absolute atomic E-state index is 0.114. The number of amides is 1. The lowest BCUT2D eigenvalue weighted by atomic mass is 10.2. The van der Waals surface area contributed by atoms with E-state index in [1.807, 2.05) is 0 Å². The molecule has 24 heavy (non-hydrogen) atoms. The van der Waals surface area contributed by atoms with Crippen molar-refractivity contribution in [3.63, 3.8) is 0 Å². The summed E-state index contributed by atoms with van der Waals surface area (Å²) in [4.78, 5) is 16.5. The highest BCUT2D eigenvalue weighted by atomic mass is 35.5. The van der Waals surface area contributed by atoms with Gasteiger partial charge in [0.15, 0.2) is 6.61 Å². The molecule has 7 heteroatoms. The third kappa shape index (κ3) is 3.91. The van der Waals surface area contributed by atoms with E-state index >= 15 is 0 Å². The van der Waals surface area contributed by atoms with Crippen molar-refractivity contribution in [2.75, 3.05) is 5.32 Å². The average molecular weight is 344 g/mol. The summed E-state index contributed by atoms with van der Waals surface area (Å²) in [5, 5.41) is 7.16. The van der Waals surface area contributed by atoms with Crippen LogP contribution in [-0.4, -0.2) is 16.0 Å². The second-order valence-electron chi connectivity index (χ2n) is 4.98. The lowest BCUT2D eigenvalue weighted by molar-refractivity contribution is 0.102. The molecular formula is C17H14ClN3O3. The third-order valence-corrected chi connectivity index (χ3v) is 3.41. The second kappa shape index (κ2) is 7.14. The number of hydrogen-bond acceptors (Lipinski definition) is 5. The van der Waals surface area contributed by atoms with Gasteiger partial charge in [0.25, 0.3) is 5.91 Å². The van der Waals surface area contributed by atoms with Crippen LogP contribution in [0.3, 0.4) is 0 Å². The van der Waals surface area contributed by atoms with Gasteiger partial charge in [-0.05, 0) is 36.4 Å². The molecule has 0 aliphatic rings. The molecule has 1 aromatic heterocycles. The van der Waals surface area contributed by atoms with Crippen LogP contribution in [0.2, 0.25) is 5.02 Å². The highest BCUT2D eigenvalue weighted by Crippen LogP contribution is 2.21. The summed E-state index contributed by atoms with van der Waals surface area (Å²) < 4.78 is 10.5. The number of rotatable bonds is 5. The van der Waals surface area contributed by atoms with Gasteiger partial charge in [0.05, 0.1) is 5.56 Å². The molecule has 122 valence electrons. The van der Waals surface area contributed by atoms with Crippen molar-refractivity contribution in [1.29, 1.82) is 0 Å². The Labute approximate surface area is 143 Å². The van der Waals surface area contributed by atoms with E-state index in [9.17, 15) is 4.79 Å². The van der Waals surface area contributed by atoms with E-state index in [2.05, 4.69) is 15.5 Å². The van der Waals surface area contributed by atoms with Crippen LogP contribution in [0.25, 0.3) is 0 Å². The number of benzene rings is 2. The van der Waals surface area contributed by atoms with Crippen molar-refractivity contribution >= 4 is 23.2 Å². The number of halogens is 1. The Morgan fingerprint density at radius 2 is 1.96 bits per heavy atom. The topological polar surface area (TPSA) is 77.2 Å². The maximum absolute atomic E-state index is 12.5. The summed E-state index contributed by atoms with van der Waals surface area (Å²) in [7, 11) is 0. The molecule has 0 bridgehead atoms. The van der Waals surface area contributed by atoms with Gasteiger partial charge in [0.2, 0.25) is 11.7 Å². The van der Waals surface area contributed by atoms with Crippen molar-refractivity contribution in [3.05, 3.63) is 70.8 Å². The van der Waals surface area contributed by atoms with Crippen LogP contribution >= 0.6 is 11.6 Å². The van der Waals surface area contributed by atoms with Gasteiger partial charge >= 0.3 is 0 Å². The fraction of sp³-hybridized carbons (Fsp3) is 0.118. The van der Waals surface area contributed by atoms with Crippen LogP contribution in [0.5, 0.6) is 5.75 Å². The zero-order valence-electron chi connectivity index (χ0n) is 12.8. The quantitative estimate of drug-likeness (QED) is 0.761. The van der Waals surface area contributed by atoms with Crippen molar-refractivity contribution in [1.82, 2.24) is 10.1 Å². The standard InChI is InChI=1S/C17H14ClN3O3/c1-11-19-16(21-24-11)10-23-15-5-3-2-4-14(15)17(22)20-13-8-6-12(18)7-9-13/h2-9H,10H2,1H3,(H,20,22). The molecule has 1 N–H and O–H groups in total. The van der Waals surface area contributed by atoms with Crippen LogP contribution in [0.4, 0.5) is 5.69 Å². The number of nitrogens with zero attached hydrogens (tertiary/aromatic N) is 2. The fourth-order valence-corrected chi connectivity index (χ4v) is 2.18. The van der Waals surface area contributed by atoms with Crippen LogP contribution < -0.4 is 10.1 Å². The van der Waals surface area contributed by atoms with E-state index in [0.29, 0.717) is 33.7 Å². The average Bonchev–Trinajstić information content (AvgIpc) is 3.01. The number of aromatic nitrogens is 2. The molecule has 3 rings (SSSR count). The number of carbonyl (C=O) groups is 1. The predicted molar refractivity (Wildman–Crippen MR) is 89.2 cm³/mol. The van der Waals surface area contributed by atoms with Crippen LogP contribution in [0, 0.1) is 6.92 Å². The molecule has 3 aromatic rings. The monoisotopic (exact) mass is 343 g/mol. The van der Waals surface area contributed by atoms with E-state index in [-0.39, 0.29) is 12.5 Å². The highest BCUT2D eigenvalue weighted by Gasteiger charge is 2.13. The maximum atomic E-state index is 12.5. The van der Waals surface area contributed by atoms with Gasteiger partial charge in [0, 0.05) is 17.6 Å². The summed E-state index contributed by atoms with van der Waals surface area (Å²) in [5.41, 5.74) is 1.06. The number of aryl methyl sites for hydroxylation is 1. The van der Waals surface area contributed by atoms with Gasteiger partial charge in [-0.2, -0.15) is 4.98 Å². The highest BCUT2D eigenvalue weighted by molar-refractivity contribution is 6.30. The predicted octanol–water partition coefficient (Wildman–Crippen LogP) is 3.86. The van der Waals surface area contributed by atoms with E-state index < -0.39 is 0 Å². The Kier molecular flexibility index (Phi) is 4.77. The molecule has 0 unspecified atom stereocenters. The van der Waals surface area contributed by atoms with E-state index in [0.717, 1.165) is 0 Å². The lowest BCUT2D eigenvalue weighted by Crippen LogP contribution is -2.13. The van der Waals surface area contributed by atoms with Crippen LogP contribution in [0.15, 0.2) is 53.1 Å². The molecule has 0 fully saturated rings. The Morgan fingerprint density at radius 3 is 2.67 bits per heavy atom. The molecule has 0 saturated heterocycles. The first-order chi connectivity index (χ1) is 11.6. The summed E-state index contributed by atoms with van der Waals surface area (Å²) in [6, 6.07) is 13.8. The maximum Gasteiger partial charge on any atom is 0.259 e. The Balaban J connectivity index is 1.72. The Bertz CT molecular complexity index is 846. The number of carbonyl (C=O) groups excluding carboxylic acids is 1. The molecular weight excluding hydrogens is 330 g/mol. The molecule has 2 aromatic carbocycles. The fourth-order valence-electron chi connectivity index (χ4n) is 2.05. The van der Waals surface area contributed by atoms with Crippen molar-refractivity contribution in [2.45, 2.75) is 13.5 Å². The smallest absolute Gasteiger partial charge is 0.259 e. The second-order valence-corrected chi connectivity index (χ2v) is 5.41. The zero-order valence-corrected chi connectivity index (χ0v) is 13.6. The SMILES string of the molecule is Cc1nc(COc2ccccc2C(=O)Nc2ccc(Cl)cc2)no1. The van der Waals surface area contributed by atoms with Crippen LogP contribution in [0.1, 0.15) is 22.1 Å². The first-order valence-electron chi connectivity index (χ1n) is 7.20. The van der Waals surface area contributed by atoms with Gasteiger partial charge in [-0.3, -0.25) is 4.79 Å². The minimum Gasteiger partial charge on any atom is -0.485 e. The number of ether oxygens (including phenoxy) is 1. The number of hydrogen-bond donors (Lipinski definition) is 1. The number of para-hydroxylation sites is 1. The largest absolute Gasteiger partial charge is 0.485 e. The lowest BCUT2D eigenvalue weighted by Gasteiger charge is -2.10. The molecule has 0 aliphatic carbocycles. The Hall–Kier alpha value is -2.86. The van der Waals surface area contributed by atoms with E-state index in [1.165, 1.54) is 0 Å². The van der Waals surface area contributed by atoms with E-state index in [1.54, 1.807) is 55.5 Å². The minimum atomic E-state index is -0.280. The summed E-state index contributed by atoms with van der Waals surface area (Å²) >= 11 is 5.84. The van der Waals surface area contributed by atoms with Crippen molar-refractivity contribution in [2.24, 2.45) is 0 Å². The molecule has 6 nitrogen and oxygen atoms in total. The van der Waals surface area contributed by atoms with Crippen molar-refractivity contribution < 1.29 is 14.1 Å². The molecule has 0 saturated carbocycles. The first-order valence-corrected chi connectivity index (χ1v) is 7.57. The van der Waals surface area contributed by atoms with Gasteiger partial charge in [-0.15, -0.1) is 0 Å². The molecule has 0 radical (unpaired) electrons. The van der Waals surface area contributed by atoms with E-state index in [4.69, 9.17) is 20.9 Å². The molecule has 0 aliphatic heterocycles. The molecule has 1 heterocycles. The summed E-state index contributed by atoms with van der Waals surface area (Å²) in [6.07, 6.45) is 0. The van der Waals surface area contributed by atoms with Crippen molar-refractivity contribution in [3.8, 4) is 5.75 Å². The van der Waals surface area contributed by atoms with Gasteiger partial charge in [-0.25, -0.2) is 0 Å².